The average Bonchev–Trinajstić information content (AvgIpc) is 3.01. The second-order valence-electron chi connectivity index (χ2n) is 7.24. The van der Waals surface area contributed by atoms with Crippen molar-refractivity contribution in [3.05, 3.63) is 53.6 Å². The SMILES string of the molecule is Cc1ccc(Oc2ccc(N3C[C@@H](C(F)(F)F)C[C@H]3CC(=O)O)cc2)c(C)c1. The fourth-order valence-electron chi connectivity index (χ4n) is 3.61. The minimum Gasteiger partial charge on any atom is -0.481 e. The van der Waals surface area contributed by atoms with E-state index >= 15 is 0 Å². The second-order valence-corrected chi connectivity index (χ2v) is 7.24. The number of carboxylic acid groups (broad SMARTS) is 1. The van der Waals surface area contributed by atoms with Crippen molar-refractivity contribution in [2.75, 3.05) is 11.4 Å². The maximum Gasteiger partial charge on any atom is 0.393 e. The van der Waals surface area contributed by atoms with Gasteiger partial charge in [0.05, 0.1) is 12.3 Å². The molecule has 0 bridgehead atoms. The number of hydrogen-bond acceptors (Lipinski definition) is 3. The van der Waals surface area contributed by atoms with Crippen molar-refractivity contribution in [2.45, 2.75) is 38.9 Å². The molecular weight excluding hydrogens is 371 g/mol. The number of carboxylic acids is 1. The van der Waals surface area contributed by atoms with Gasteiger partial charge in [0.25, 0.3) is 0 Å². The van der Waals surface area contributed by atoms with Gasteiger partial charge in [-0.2, -0.15) is 13.2 Å². The Morgan fingerprint density at radius 1 is 1.18 bits per heavy atom. The van der Waals surface area contributed by atoms with Crippen LogP contribution >= 0.6 is 0 Å². The third kappa shape index (κ3) is 4.58. The average molecular weight is 393 g/mol. The normalized spacial score (nSPS) is 19.7. The molecule has 28 heavy (non-hydrogen) atoms. The van der Waals surface area contributed by atoms with Gasteiger partial charge in [-0.05, 0) is 56.2 Å². The Bertz CT molecular complexity index is 849. The van der Waals surface area contributed by atoms with Crippen molar-refractivity contribution in [3.8, 4) is 11.5 Å². The van der Waals surface area contributed by atoms with Gasteiger partial charge < -0.3 is 14.7 Å². The molecule has 1 heterocycles. The van der Waals surface area contributed by atoms with Gasteiger partial charge in [0.15, 0.2) is 0 Å². The molecule has 4 nitrogen and oxygen atoms in total. The largest absolute Gasteiger partial charge is 0.481 e. The molecule has 2 aromatic carbocycles. The smallest absolute Gasteiger partial charge is 0.393 e. The van der Waals surface area contributed by atoms with Gasteiger partial charge in [-0.25, -0.2) is 0 Å². The fourth-order valence-corrected chi connectivity index (χ4v) is 3.61. The minimum atomic E-state index is -4.34. The molecule has 0 spiro atoms. The summed E-state index contributed by atoms with van der Waals surface area (Å²) in [6.45, 7) is 3.69. The molecule has 3 rings (SSSR count). The van der Waals surface area contributed by atoms with Crippen molar-refractivity contribution in [3.63, 3.8) is 0 Å². The molecule has 0 amide bonds. The van der Waals surface area contributed by atoms with E-state index in [0.717, 1.165) is 11.1 Å². The highest BCUT2D eigenvalue weighted by molar-refractivity contribution is 5.69. The molecule has 0 aliphatic carbocycles. The van der Waals surface area contributed by atoms with Crippen LogP contribution in [0.5, 0.6) is 11.5 Å². The van der Waals surface area contributed by atoms with Gasteiger partial charge in [0.1, 0.15) is 11.5 Å². The van der Waals surface area contributed by atoms with Crippen LogP contribution in [0.4, 0.5) is 18.9 Å². The summed E-state index contributed by atoms with van der Waals surface area (Å²) in [7, 11) is 0. The van der Waals surface area contributed by atoms with Crippen LogP contribution < -0.4 is 9.64 Å². The van der Waals surface area contributed by atoms with Crippen molar-refractivity contribution >= 4 is 11.7 Å². The van der Waals surface area contributed by atoms with Crippen LogP contribution in [-0.2, 0) is 4.79 Å². The Kier molecular flexibility index (Phi) is 5.54. The second kappa shape index (κ2) is 7.73. The number of aliphatic carboxylic acids is 1. The van der Waals surface area contributed by atoms with Crippen molar-refractivity contribution in [1.82, 2.24) is 0 Å². The third-order valence-corrected chi connectivity index (χ3v) is 5.01. The first-order chi connectivity index (χ1) is 13.1. The van der Waals surface area contributed by atoms with Gasteiger partial charge in [-0.3, -0.25) is 4.79 Å². The Labute approximate surface area is 161 Å². The molecule has 1 N–H and O–H groups in total. The van der Waals surface area contributed by atoms with Crippen LogP contribution in [0.3, 0.4) is 0 Å². The lowest BCUT2D eigenvalue weighted by Gasteiger charge is -2.26. The zero-order valence-corrected chi connectivity index (χ0v) is 15.7. The lowest BCUT2D eigenvalue weighted by atomic mass is 10.0. The van der Waals surface area contributed by atoms with E-state index < -0.39 is 24.1 Å². The van der Waals surface area contributed by atoms with Crippen molar-refractivity contribution < 1.29 is 27.8 Å². The summed E-state index contributed by atoms with van der Waals surface area (Å²) in [6, 6.07) is 11.8. The Balaban J connectivity index is 1.77. The topological polar surface area (TPSA) is 49.8 Å². The fraction of sp³-hybridized carbons (Fsp3) is 0.381. The number of alkyl halides is 3. The number of benzene rings is 2. The summed E-state index contributed by atoms with van der Waals surface area (Å²) in [6.07, 6.45) is -4.87. The molecule has 7 heteroatoms. The summed E-state index contributed by atoms with van der Waals surface area (Å²) in [5, 5.41) is 9.05. The van der Waals surface area contributed by atoms with E-state index in [9.17, 15) is 18.0 Å². The van der Waals surface area contributed by atoms with Crippen LogP contribution in [0.2, 0.25) is 0 Å². The highest BCUT2D eigenvalue weighted by Gasteiger charge is 2.47. The number of hydrogen-bond donors (Lipinski definition) is 1. The predicted octanol–water partition coefficient (Wildman–Crippen LogP) is 5.33. The van der Waals surface area contributed by atoms with Crippen LogP contribution in [0.1, 0.15) is 24.0 Å². The van der Waals surface area contributed by atoms with Gasteiger partial charge in [-0.1, -0.05) is 17.7 Å². The number of carbonyl (C=O) groups is 1. The van der Waals surface area contributed by atoms with Crippen molar-refractivity contribution in [2.24, 2.45) is 5.92 Å². The van der Waals surface area contributed by atoms with Crippen LogP contribution in [0.15, 0.2) is 42.5 Å². The van der Waals surface area contributed by atoms with E-state index in [-0.39, 0.29) is 19.4 Å². The number of aryl methyl sites for hydroxylation is 2. The number of ether oxygens (including phenoxy) is 1. The van der Waals surface area contributed by atoms with Crippen LogP contribution in [-0.4, -0.2) is 29.8 Å². The molecule has 0 saturated carbocycles. The first kappa shape index (κ1) is 20.0. The molecule has 0 unspecified atom stereocenters. The molecule has 1 aliphatic heterocycles. The summed E-state index contributed by atoms with van der Waals surface area (Å²) in [4.78, 5) is 12.6. The quantitative estimate of drug-likeness (QED) is 0.746. The van der Waals surface area contributed by atoms with E-state index in [1.165, 1.54) is 4.90 Å². The first-order valence-electron chi connectivity index (χ1n) is 9.04. The zero-order valence-electron chi connectivity index (χ0n) is 15.7. The number of nitrogens with zero attached hydrogens (tertiary/aromatic N) is 1. The van der Waals surface area contributed by atoms with Gasteiger partial charge in [-0.15, -0.1) is 0 Å². The zero-order chi connectivity index (χ0) is 20.5. The standard InChI is InChI=1S/C21H22F3NO3/c1-13-3-8-19(14(2)9-13)28-18-6-4-16(5-7-18)25-12-15(21(22,23)24)10-17(25)11-20(26)27/h3-9,15,17H,10-12H2,1-2H3,(H,26,27)/t15-,17-/m0/s1. The first-order valence-corrected chi connectivity index (χ1v) is 9.04. The molecule has 2 aromatic rings. The monoisotopic (exact) mass is 393 g/mol. The summed E-state index contributed by atoms with van der Waals surface area (Å²) < 4.78 is 45.3. The molecule has 2 atom stereocenters. The number of rotatable bonds is 5. The Morgan fingerprint density at radius 2 is 1.86 bits per heavy atom. The highest BCUT2D eigenvalue weighted by atomic mass is 19.4. The maximum atomic E-state index is 13.1. The maximum absolute atomic E-state index is 13.1. The van der Waals surface area contributed by atoms with E-state index in [0.29, 0.717) is 17.2 Å². The summed E-state index contributed by atoms with van der Waals surface area (Å²) in [5.74, 6) is -1.35. The Morgan fingerprint density at radius 3 is 2.43 bits per heavy atom. The van der Waals surface area contributed by atoms with Crippen molar-refractivity contribution in [1.29, 1.82) is 0 Å². The Hall–Kier alpha value is -2.70. The van der Waals surface area contributed by atoms with E-state index in [4.69, 9.17) is 9.84 Å². The molecule has 1 saturated heterocycles. The molecule has 1 fully saturated rings. The number of halogens is 3. The predicted molar refractivity (Wildman–Crippen MR) is 100.0 cm³/mol. The van der Waals surface area contributed by atoms with Crippen LogP contribution in [0.25, 0.3) is 0 Å². The van der Waals surface area contributed by atoms with E-state index in [1.807, 2.05) is 32.0 Å². The molecular formula is C21H22F3NO3. The lowest BCUT2D eigenvalue weighted by molar-refractivity contribution is -0.169. The highest BCUT2D eigenvalue weighted by Crippen LogP contribution is 2.40. The summed E-state index contributed by atoms with van der Waals surface area (Å²) in [5.41, 5.74) is 2.67. The van der Waals surface area contributed by atoms with Gasteiger partial charge in [0.2, 0.25) is 0 Å². The lowest BCUT2D eigenvalue weighted by Crippen LogP contribution is -2.32. The molecule has 0 aromatic heterocycles. The van der Waals surface area contributed by atoms with Gasteiger partial charge in [0, 0.05) is 18.3 Å². The van der Waals surface area contributed by atoms with Crippen LogP contribution in [0, 0.1) is 19.8 Å². The molecule has 150 valence electrons. The molecule has 1 aliphatic rings. The number of anilines is 1. The molecule has 0 radical (unpaired) electrons. The minimum absolute atomic E-state index is 0.212. The van der Waals surface area contributed by atoms with Gasteiger partial charge >= 0.3 is 12.1 Å². The van der Waals surface area contributed by atoms with E-state index in [2.05, 4.69) is 0 Å². The third-order valence-electron chi connectivity index (χ3n) is 5.01. The summed E-state index contributed by atoms with van der Waals surface area (Å²) >= 11 is 0. The van der Waals surface area contributed by atoms with E-state index in [1.54, 1.807) is 24.3 Å².